The minimum absolute atomic E-state index is 0.0178. The lowest BCUT2D eigenvalue weighted by Gasteiger charge is -2.36. The van der Waals surface area contributed by atoms with Crippen molar-refractivity contribution in [3.63, 3.8) is 0 Å². The maximum absolute atomic E-state index is 13.7. The standard InChI is InChI=1S/C20H28FNO3/c1-14(2)18-15(6-9-25-18)13-22-19(23)20(7-10-24-11-8-20)16-4-3-5-17(21)12-16/h3-5,12,14-15,18H,6-11,13H2,1-2H3,(H,22,23)/t15-,18+/m0/s1. The highest BCUT2D eigenvalue weighted by Gasteiger charge is 2.42. The number of carbonyl (C=O) groups is 1. The van der Waals surface area contributed by atoms with Crippen LogP contribution in [0.2, 0.25) is 0 Å². The zero-order valence-electron chi connectivity index (χ0n) is 15.1. The summed E-state index contributed by atoms with van der Waals surface area (Å²) in [4.78, 5) is 13.1. The lowest BCUT2D eigenvalue weighted by Crippen LogP contribution is -2.49. The van der Waals surface area contributed by atoms with Crippen LogP contribution < -0.4 is 5.32 Å². The molecule has 25 heavy (non-hydrogen) atoms. The van der Waals surface area contributed by atoms with Crippen LogP contribution in [0.4, 0.5) is 4.39 Å². The normalized spacial score (nSPS) is 25.9. The van der Waals surface area contributed by atoms with E-state index in [0.29, 0.717) is 44.4 Å². The second-order valence-electron chi connectivity index (χ2n) is 7.54. The molecule has 5 heteroatoms. The second kappa shape index (κ2) is 7.83. The van der Waals surface area contributed by atoms with Crippen molar-refractivity contribution in [2.45, 2.75) is 44.6 Å². The summed E-state index contributed by atoms with van der Waals surface area (Å²) in [6.07, 6.45) is 2.33. The molecule has 2 atom stereocenters. The Kier molecular flexibility index (Phi) is 5.74. The summed E-state index contributed by atoms with van der Waals surface area (Å²) < 4.78 is 25.0. The molecular formula is C20H28FNO3. The predicted octanol–water partition coefficient (Wildman–Crippen LogP) is 3.05. The third kappa shape index (κ3) is 3.87. The molecule has 1 aromatic carbocycles. The maximum Gasteiger partial charge on any atom is 0.230 e. The average Bonchev–Trinajstić information content (AvgIpc) is 3.09. The molecule has 2 heterocycles. The summed E-state index contributed by atoms with van der Waals surface area (Å²) in [5.74, 6) is 0.453. The van der Waals surface area contributed by atoms with E-state index >= 15 is 0 Å². The lowest BCUT2D eigenvalue weighted by atomic mass is 9.73. The van der Waals surface area contributed by atoms with Gasteiger partial charge in [0.05, 0.1) is 11.5 Å². The fraction of sp³-hybridized carbons (Fsp3) is 0.650. The molecule has 0 aliphatic carbocycles. The Hall–Kier alpha value is -1.46. The molecule has 2 aliphatic heterocycles. The molecule has 0 saturated carbocycles. The van der Waals surface area contributed by atoms with Crippen LogP contribution in [0.3, 0.4) is 0 Å². The van der Waals surface area contributed by atoms with E-state index < -0.39 is 5.41 Å². The van der Waals surface area contributed by atoms with Gasteiger partial charge in [-0.25, -0.2) is 4.39 Å². The second-order valence-corrected chi connectivity index (χ2v) is 7.54. The summed E-state index contributed by atoms with van der Waals surface area (Å²) in [5, 5.41) is 3.14. The minimum Gasteiger partial charge on any atom is -0.381 e. The maximum atomic E-state index is 13.7. The quantitative estimate of drug-likeness (QED) is 0.889. The molecule has 0 bridgehead atoms. The Balaban J connectivity index is 1.74. The van der Waals surface area contributed by atoms with Crippen LogP contribution in [0.1, 0.15) is 38.7 Å². The number of halogens is 1. The summed E-state index contributed by atoms with van der Waals surface area (Å²) >= 11 is 0. The number of hydrogen-bond acceptors (Lipinski definition) is 3. The number of nitrogens with one attached hydrogen (secondary N) is 1. The van der Waals surface area contributed by atoms with Crippen LogP contribution in [-0.4, -0.2) is 38.4 Å². The van der Waals surface area contributed by atoms with Gasteiger partial charge in [-0.3, -0.25) is 4.79 Å². The van der Waals surface area contributed by atoms with Gasteiger partial charge in [-0.05, 0) is 42.9 Å². The monoisotopic (exact) mass is 349 g/mol. The molecular weight excluding hydrogens is 321 g/mol. The van der Waals surface area contributed by atoms with Gasteiger partial charge in [0.15, 0.2) is 0 Å². The summed E-state index contributed by atoms with van der Waals surface area (Å²) in [6.45, 7) is 6.71. The van der Waals surface area contributed by atoms with Crippen LogP contribution in [0.25, 0.3) is 0 Å². The largest absolute Gasteiger partial charge is 0.381 e. The van der Waals surface area contributed by atoms with Gasteiger partial charge in [0.2, 0.25) is 5.91 Å². The van der Waals surface area contributed by atoms with Crippen LogP contribution in [0, 0.1) is 17.7 Å². The summed E-state index contributed by atoms with van der Waals surface area (Å²) in [7, 11) is 0. The molecule has 0 radical (unpaired) electrons. The van der Waals surface area contributed by atoms with E-state index in [1.54, 1.807) is 6.07 Å². The first-order valence-corrected chi connectivity index (χ1v) is 9.26. The molecule has 2 saturated heterocycles. The van der Waals surface area contributed by atoms with Crippen molar-refractivity contribution >= 4 is 5.91 Å². The zero-order valence-corrected chi connectivity index (χ0v) is 15.1. The molecule has 2 fully saturated rings. The van der Waals surface area contributed by atoms with Gasteiger partial charge in [-0.1, -0.05) is 26.0 Å². The van der Waals surface area contributed by atoms with E-state index in [1.807, 2.05) is 6.07 Å². The number of amides is 1. The highest BCUT2D eigenvalue weighted by atomic mass is 19.1. The molecule has 138 valence electrons. The van der Waals surface area contributed by atoms with E-state index in [4.69, 9.17) is 9.47 Å². The van der Waals surface area contributed by atoms with Crippen molar-refractivity contribution in [1.29, 1.82) is 0 Å². The van der Waals surface area contributed by atoms with Gasteiger partial charge in [0, 0.05) is 32.3 Å². The Labute approximate surface area is 149 Å². The summed E-state index contributed by atoms with van der Waals surface area (Å²) in [5.41, 5.74) is 0.0454. The Bertz CT molecular complexity index is 598. The van der Waals surface area contributed by atoms with Gasteiger partial charge >= 0.3 is 0 Å². The third-order valence-corrected chi connectivity index (χ3v) is 5.60. The third-order valence-electron chi connectivity index (χ3n) is 5.60. The van der Waals surface area contributed by atoms with Crippen LogP contribution in [-0.2, 0) is 19.7 Å². The Morgan fingerprint density at radius 1 is 1.32 bits per heavy atom. The van der Waals surface area contributed by atoms with Crippen molar-refractivity contribution in [3.8, 4) is 0 Å². The first kappa shape index (κ1) is 18.3. The van der Waals surface area contributed by atoms with Gasteiger partial charge in [0.25, 0.3) is 0 Å². The number of hydrogen-bond donors (Lipinski definition) is 1. The zero-order chi connectivity index (χ0) is 17.9. The highest BCUT2D eigenvalue weighted by molar-refractivity contribution is 5.88. The van der Waals surface area contributed by atoms with Gasteiger partial charge in [0.1, 0.15) is 5.82 Å². The van der Waals surface area contributed by atoms with E-state index in [9.17, 15) is 9.18 Å². The Morgan fingerprint density at radius 2 is 2.08 bits per heavy atom. The van der Waals surface area contributed by atoms with Crippen molar-refractivity contribution in [3.05, 3.63) is 35.6 Å². The molecule has 4 nitrogen and oxygen atoms in total. The van der Waals surface area contributed by atoms with Gasteiger partial charge < -0.3 is 14.8 Å². The van der Waals surface area contributed by atoms with Crippen LogP contribution in [0.15, 0.2) is 24.3 Å². The predicted molar refractivity (Wildman–Crippen MR) is 93.8 cm³/mol. The highest BCUT2D eigenvalue weighted by Crippen LogP contribution is 2.36. The minimum atomic E-state index is -0.701. The molecule has 1 N–H and O–H groups in total. The number of benzene rings is 1. The molecule has 1 amide bonds. The number of carbonyl (C=O) groups excluding carboxylic acids is 1. The van der Waals surface area contributed by atoms with E-state index in [0.717, 1.165) is 18.6 Å². The molecule has 2 aliphatic rings. The molecule has 0 unspecified atom stereocenters. The first-order chi connectivity index (χ1) is 12.0. The topological polar surface area (TPSA) is 47.6 Å². The van der Waals surface area contributed by atoms with E-state index in [1.165, 1.54) is 12.1 Å². The van der Waals surface area contributed by atoms with Crippen molar-refractivity contribution in [2.24, 2.45) is 11.8 Å². The van der Waals surface area contributed by atoms with Gasteiger partial charge in [-0.15, -0.1) is 0 Å². The lowest BCUT2D eigenvalue weighted by molar-refractivity contribution is -0.130. The van der Waals surface area contributed by atoms with E-state index in [2.05, 4.69) is 19.2 Å². The fourth-order valence-electron chi connectivity index (χ4n) is 4.16. The average molecular weight is 349 g/mol. The number of ether oxygens (including phenoxy) is 2. The van der Waals surface area contributed by atoms with Crippen LogP contribution >= 0.6 is 0 Å². The molecule has 0 aromatic heterocycles. The fourth-order valence-corrected chi connectivity index (χ4v) is 4.16. The number of rotatable bonds is 5. The van der Waals surface area contributed by atoms with Crippen molar-refractivity contribution < 1.29 is 18.7 Å². The molecule has 3 rings (SSSR count). The van der Waals surface area contributed by atoms with E-state index in [-0.39, 0.29) is 17.8 Å². The molecule has 1 aromatic rings. The Morgan fingerprint density at radius 3 is 2.76 bits per heavy atom. The SMILES string of the molecule is CC(C)[C@H]1OCC[C@H]1CNC(=O)C1(c2cccc(F)c2)CCOCC1. The molecule has 0 spiro atoms. The summed E-state index contributed by atoms with van der Waals surface area (Å²) in [6, 6.07) is 6.43. The smallest absolute Gasteiger partial charge is 0.230 e. The van der Waals surface area contributed by atoms with Crippen LogP contribution in [0.5, 0.6) is 0 Å². The van der Waals surface area contributed by atoms with Crippen molar-refractivity contribution in [2.75, 3.05) is 26.4 Å². The first-order valence-electron chi connectivity index (χ1n) is 9.26. The van der Waals surface area contributed by atoms with Crippen molar-refractivity contribution in [1.82, 2.24) is 5.32 Å². The van der Waals surface area contributed by atoms with Gasteiger partial charge in [-0.2, -0.15) is 0 Å².